The van der Waals surface area contributed by atoms with Crippen molar-refractivity contribution in [3.63, 3.8) is 0 Å². The summed E-state index contributed by atoms with van der Waals surface area (Å²) in [5.41, 5.74) is 6.32. The molecule has 0 heterocycles. The van der Waals surface area contributed by atoms with Crippen LogP contribution in [0.25, 0.3) is 11.1 Å². The van der Waals surface area contributed by atoms with Gasteiger partial charge in [-0.1, -0.05) is 12.1 Å². The van der Waals surface area contributed by atoms with E-state index in [1.54, 1.807) is 13.0 Å². The van der Waals surface area contributed by atoms with E-state index in [1.807, 2.05) is 0 Å². The number of hydrogen-bond donors (Lipinski definition) is 1. The van der Waals surface area contributed by atoms with Crippen LogP contribution in [-0.2, 0) is 6.18 Å². The summed E-state index contributed by atoms with van der Waals surface area (Å²) in [5, 5.41) is 0. The molecule has 0 spiro atoms. The lowest BCUT2D eigenvalue weighted by Gasteiger charge is -2.11. The molecule has 0 saturated carbocycles. The molecule has 0 aliphatic rings. The Bertz CT molecular complexity index is 617. The molecule has 0 radical (unpaired) electrons. The molecular weight excluding hydrogens is 258 g/mol. The number of aryl methyl sites for hydroxylation is 1. The average Bonchev–Trinajstić information content (AvgIpc) is 2.31. The zero-order valence-corrected chi connectivity index (χ0v) is 10.1. The quantitative estimate of drug-likeness (QED) is 0.602. The highest BCUT2D eigenvalue weighted by molar-refractivity contribution is 5.77. The van der Waals surface area contributed by atoms with Crippen LogP contribution >= 0.6 is 0 Å². The normalized spacial score (nSPS) is 11.6. The molecule has 0 amide bonds. The first kappa shape index (κ1) is 13.4. The Morgan fingerprint density at radius 2 is 1.68 bits per heavy atom. The van der Waals surface area contributed by atoms with Crippen LogP contribution in [0.5, 0.6) is 0 Å². The van der Waals surface area contributed by atoms with Crippen LogP contribution in [0.1, 0.15) is 11.1 Å². The Morgan fingerprint density at radius 3 is 2.21 bits per heavy atom. The molecule has 2 aromatic carbocycles. The van der Waals surface area contributed by atoms with Crippen LogP contribution in [0.15, 0.2) is 36.4 Å². The van der Waals surface area contributed by atoms with Gasteiger partial charge in [0.2, 0.25) is 0 Å². The second-order valence-electron chi connectivity index (χ2n) is 4.26. The Labute approximate surface area is 107 Å². The van der Waals surface area contributed by atoms with Crippen LogP contribution in [0.3, 0.4) is 0 Å². The summed E-state index contributed by atoms with van der Waals surface area (Å²) in [6.07, 6.45) is -4.43. The standard InChI is InChI=1S/C14H11F4N/c1-8-6-9(2-5-12(8)15)11-4-3-10(7-13(11)19)14(16,17)18/h2-7H,19H2,1H3. The van der Waals surface area contributed by atoms with Gasteiger partial charge in [-0.15, -0.1) is 0 Å². The fourth-order valence-electron chi connectivity index (χ4n) is 1.81. The van der Waals surface area contributed by atoms with Crippen molar-refractivity contribution < 1.29 is 17.6 Å². The van der Waals surface area contributed by atoms with E-state index in [-0.39, 0.29) is 11.5 Å². The molecule has 2 N–H and O–H groups in total. The summed E-state index contributed by atoms with van der Waals surface area (Å²) in [5.74, 6) is -0.366. The second kappa shape index (κ2) is 4.57. The maximum absolute atomic E-state index is 13.2. The maximum atomic E-state index is 13.2. The van der Waals surface area contributed by atoms with Gasteiger partial charge in [-0.2, -0.15) is 13.2 Å². The van der Waals surface area contributed by atoms with Crippen molar-refractivity contribution in [2.24, 2.45) is 0 Å². The van der Waals surface area contributed by atoms with E-state index in [1.165, 1.54) is 18.2 Å². The summed E-state index contributed by atoms with van der Waals surface area (Å²) in [6, 6.07) is 7.45. The van der Waals surface area contributed by atoms with Crippen molar-refractivity contribution in [3.05, 3.63) is 53.3 Å². The smallest absolute Gasteiger partial charge is 0.398 e. The predicted molar refractivity (Wildman–Crippen MR) is 66.0 cm³/mol. The second-order valence-corrected chi connectivity index (χ2v) is 4.26. The van der Waals surface area contributed by atoms with E-state index in [4.69, 9.17) is 5.73 Å². The van der Waals surface area contributed by atoms with Crippen molar-refractivity contribution in [2.45, 2.75) is 13.1 Å². The number of benzene rings is 2. The molecule has 19 heavy (non-hydrogen) atoms. The molecule has 100 valence electrons. The molecule has 2 rings (SSSR count). The van der Waals surface area contributed by atoms with Crippen LogP contribution in [0.2, 0.25) is 0 Å². The lowest BCUT2D eigenvalue weighted by Crippen LogP contribution is -2.06. The Kier molecular flexibility index (Phi) is 3.22. The van der Waals surface area contributed by atoms with E-state index in [2.05, 4.69) is 0 Å². The summed E-state index contributed by atoms with van der Waals surface area (Å²) < 4.78 is 50.7. The first-order valence-corrected chi connectivity index (χ1v) is 5.52. The van der Waals surface area contributed by atoms with Gasteiger partial charge in [0.15, 0.2) is 0 Å². The molecule has 0 aliphatic carbocycles. The van der Waals surface area contributed by atoms with Crippen molar-refractivity contribution in [1.29, 1.82) is 0 Å². The van der Waals surface area contributed by atoms with E-state index < -0.39 is 11.7 Å². The van der Waals surface area contributed by atoms with Crippen molar-refractivity contribution in [3.8, 4) is 11.1 Å². The lowest BCUT2D eigenvalue weighted by atomic mass is 10.00. The Hall–Kier alpha value is -2.04. The molecular formula is C14H11F4N. The molecule has 0 fully saturated rings. The first-order valence-electron chi connectivity index (χ1n) is 5.52. The lowest BCUT2D eigenvalue weighted by molar-refractivity contribution is -0.137. The highest BCUT2D eigenvalue weighted by Crippen LogP contribution is 2.34. The van der Waals surface area contributed by atoms with Gasteiger partial charge < -0.3 is 5.73 Å². The zero-order valence-electron chi connectivity index (χ0n) is 10.1. The monoisotopic (exact) mass is 269 g/mol. The fourth-order valence-corrected chi connectivity index (χ4v) is 1.81. The SMILES string of the molecule is Cc1cc(-c2ccc(C(F)(F)F)cc2N)ccc1F. The largest absolute Gasteiger partial charge is 0.416 e. The van der Waals surface area contributed by atoms with Gasteiger partial charge in [0.1, 0.15) is 5.82 Å². The maximum Gasteiger partial charge on any atom is 0.416 e. The summed E-state index contributed by atoms with van der Waals surface area (Å²) in [7, 11) is 0. The molecule has 0 aliphatic heterocycles. The van der Waals surface area contributed by atoms with Gasteiger partial charge in [-0.05, 0) is 42.3 Å². The van der Waals surface area contributed by atoms with Gasteiger partial charge in [-0.25, -0.2) is 4.39 Å². The zero-order chi connectivity index (χ0) is 14.2. The van der Waals surface area contributed by atoms with Crippen molar-refractivity contribution in [1.82, 2.24) is 0 Å². The van der Waals surface area contributed by atoms with Crippen LogP contribution in [-0.4, -0.2) is 0 Å². The predicted octanol–water partition coefficient (Wildman–Crippen LogP) is 4.40. The van der Waals surface area contributed by atoms with E-state index in [9.17, 15) is 17.6 Å². The summed E-state index contributed by atoms with van der Waals surface area (Å²) >= 11 is 0. The van der Waals surface area contributed by atoms with Gasteiger partial charge in [0, 0.05) is 11.3 Å². The number of anilines is 1. The third kappa shape index (κ3) is 2.70. The van der Waals surface area contributed by atoms with Crippen LogP contribution in [0.4, 0.5) is 23.2 Å². The van der Waals surface area contributed by atoms with E-state index >= 15 is 0 Å². The van der Waals surface area contributed by atoms with Gasteiger partial charge in [0.25, 0.3) is 0 Å². The number of halogens is 4. The Balaban J connectivity index is 2.49. The molecule has 0 unspecified atom stereocenters. The Morgan fingerprint density at radius 1 is 1.00 bits per heavy atom. The number of hydrogen-bond acceptors (Lipinski definition) is 1. The van der Waals surface area contributed by atoms with E-state index in [0.717, 1.165) is 12.1 Å². The highest BCUT2D eigenvalue weighted by atomic mass is 19.4. The summed E-state index contributed by atoms with van der Waals surface area (Å²) in [4.78, 5) is 0. The number of rotatable bonds is 1. The minimum absolute atomic E-state index is 0.0147. The third-order valence-corrected chi connectivity index (χ3v) is 2.85. The number of nitrogen functional groups attached to an aromatic ring is 1. The molecule has 0 atom stereocenters. The van der Waals surface area contributed by atoms with Crippen molar-refractivity contribution in [2.75, 3.05) is 5.73 Å². The third-order valence-electron chi connectivity index (χ3n) is 2.85. The molecule has 0 saturated heterocycles. The minimum atomic E-state index is -4.43. The van der Waals surface area contributed by atoms with Gasteiger partial charge >= 0.3 is 6.18 Å². The molecule has 1 nitrogen and oxygen atoms in total. The number of alkyl halides is 3. The van der Waals surface area contributed by atoms with Crippen LogP contribution < -0.4 is 5.73 Å². The molecule has 0 bridgehead atoms. The van der Waals surface area contributed by atoms with E-state index in [0.29, 0.717) is 16.7 Å². The minimum Gasteiger partial charge on any atom is -0.398 e. The fraction of sp³-hybridized carbons (Fsp3) is 0.143. The molecule has 0 aromatic heterocycles. The van der Waals surface area contributed by atoms with Crippen molar-refractivity contribution >= 4 is 5.69 Å². The average molecular weight is 269 g/mol. The van der Waals surface area contributed by atoms with Crippen LogP contribution in [0, 0.1) is 12.7 Å². The highest BCUT2D eigenvalue weighted by Gasteiger charge is 2.30. The van der Waals surface area contributed by atoms with Gasteiger partial charge in [-0.3, -0.25) is 0 Å². The number of nitrogens with two attached hydrogens (primary N) is 1. The molecule has 2 aromatic rings. The topological polar surface area (TPSA) is 26.0 Å². The van der Waals surface area contributed by atoms with Gasteiger partial charge in [0.05, 0.1) is 5.56 Å². The summed E-state index contributed by atoms with van der Waals surface area (Å²) in [6.45, 7) is 1.58. The molecule has 5 heteroatoms. The first-order chi connectivity index (χ1) is 8.79.